The molecular weight excluding hydrogens is 460 g/mol. The number of carbonyl (C=O) groups excluding carboxylic acids is 2. The Bertz CT molecular complexity index is 862. The Balaban J connectivity index is 2.09. The predicted molar refractivity (Wildman–Crippen MR) is 129 cm³/mol. The Hall–Kier alpha value is -1.79. The summed E-state index contributed by atoms with van der Waals surface area (Å²) in [6.07, 6.45) is 0.375. The van der Waals surface area contributed by atoms with Crippen LogP contribution >= 0.6 is 27.7 Å². The molecule has 0 saturated heterocycles. The van der Waals surface area contributed by atoms with E-state index in [1.807, 2.05) is 45.0 Å². The van der Waals surface area contributed by atoms with Crippen LogP contribution in [-0.4, -0.2) is 34.0 Å². The lowest BCUT2D eigenvalue weighted by Gasteiger charge is -2.31. The number of thioether (sulfide) groups is 1. The van der Waals surface area contributed by atoms with Crippen LogP contribution in [0.2, 0.25) is 0 Å². The van der Waals surface area contributed by atoms with Crippen LogP contribution in [0.3, 0.4) is 0 Å². The lowest BCUT2D eigenvalue weighted by Crippen LogP contribution is -2.52. The fourth-order valence-electron chi connectivity index (χ4n) is 2.92. The molecule has 0 fully saturated rings. The summed E-state index contributed by atoms with van der Waals surface area (Å²) in [6.45, 7) is 10.1. The molecule has 0 saturated carbocycles. The maximum Gasteiger partial charge on any atom is 0.242 e. The second kappa shape index (κ2) is 11.0. The number of hydrogen-bond donors (Lipinski definition) is 1. The number of nitrogens with one attached hydrogen (secondary N) is 1. The Morgan fingerprint density at radius 1 is 1.13 bits per heavy atom. The van der Waals surface area contributed by atoms with Gasteiger partial charge in [0.15, 0.2) is 0 Å². The number of nitrogens with zero attached hydrogens (tertiary/aromatic N) is 1. The van der Waals surface area contributed by atoms with Crippen LogP contribution in [0, 0.1) is 6.92 Å². The van der Waals surface area contributed by atoms with Crippen LogP contribution in [0.25, 0.3) is 0 Å². The van der Waals surface area contributed by atoms with Gasteiger partial charge in [0.2, 0.25) is 11.8 Å². The highest BCUT2D eigenvalue weighted by molar-refractivity contribution is 9.10. The van der Waals surface area contributed by atoms with Crippen LogP contribution < -0.4 is 5.32 Å². The molecule has 0 spiro atoms. The Morgan fingerprint density at radius 2 is 1.80 bits per heavy atom. The highest BCUT2D eigenvalue weighted by Gasteiger charge is 2.28. The smallest absolute Gasteiger partial charge is 0.242 e. The fraction of sp³-hybridized carbons (Fsp3) is 0.417. The van der Waals surface area contributed by atoms with Crippen LogP contribution in [0.4, 0.5) is 0 Å². The number of amides is 2. The molecule has 2 aromatic carbocycles. The number of benzene rings is 2. The Kier molecular flexibility index (Phi) is 8.98. The minimum atomic E-state index is -0.555. The van der Waals surface area contributed by atoms with Gasteiger partial charge in [-0.2, -0.15) is 0 Å². The third-order valence-corrected chi connectivity index (χ3v) is 6.02. The van der Waals surface area contributed by atoms with Gasteiger partial charge in [0.1, 0.15) is 6.04 Å². The second-order valence-corrected chi connectivity index (χ2v) is 10.6. The zero-order valence-electron chi connectivity index (χ0n) is 18.4. The van der Waals surface area contributed by atoms with Crippen molar-refractivity contribution in [1.82, 2.24) is 10.2 Å². The first kappa shape index (κ1) is 24.5. The van der Waals surface area contributed by atoms with Gasteiger partial charge < -0.3 is 10.2 Å². The van der Waals surface area contributed by atoms with E-state index >= 15 is 0 Å². The van der Waals surface area contributed by atoms with Gasteiger partial charge in [-0.25, -0.2) is 0 Å². The highest BCUT2D eigenvalue weighted by Crippen LogP contribution is 2.21. The summed E-state index contributed by atoms with van der Waals surface area (Å²) in [6, 6.07) is 15.6. The molecule has 2 aromatic rings. The number of carbonyl (C=O) groups is 2. The molecule has 30 heavy (non-hydrogen) atoms. The van der Waals surface area contributed by atoms with Crippen LogP contribution in [0.5, 0.6) is 0 Å². The zero-order valence-corrected chi connectivity index (χ0v) is 20.8. The fourth-order valence-corrected chi connectivity index (χ4v) is 4.21. The van der Waals surface area contributed by atoms with Gasteiger partial charge in [0.25, 0.3) is 0 Å². The monoisotopic (exact) mass is 490 g/mol. The summed E-state index contributed by atoms with van der Waals surface area (Å²) in [5.41, 5.74) is 1.85. The van der Waals surface area contributed by atoms with Crippen molar-refractivity contribution in [3.05, 3.63) is 64.1 Å². The van der Waals surface area contributed by atoms with Crippen molar-refractivity contribution in [3.8, 4) is 0 Å². The molecule has 2 rings (SSSR count). The number of rotatable bonds is 8. The molecule has 1 N–H and O–H groups in total. The normalized spacial score (nSPS) is 12.3. The number of halogens is 1. The average Bonchev–Trinajstić information content (AvgIpc) is 2.65. The summed E-state index contributed by atoms with van der Waals surface area (Å²) < 4.78 is 0.953. The summed E-state index contributed by atoms with van der Waals surface area (Å²) in [4.78, 5) is 28.7. The summed E-state index contributed by atoms with van der Waals surface area (Å²) in [5.74, 6) is 0.507. The Labute approximate surface area is 192 Å². The van der Waals surface area contributed by atoms with Crippen molar-refractivity contribution < 1.29 is 9.59 Å². The zero-order chi connectivity index (χ0) is 22.3. The summed E-state index contributed by atoms with van der Waals surface area (Å²) in [5, 5.41) is 2.99. The molecule has 162 valence electrons. The highest BCUT2D eigenvalue weighted by atomic mass is 79.9. The van der Waals surface area contributed by atoms with E-state index in [1.165, 1.54) is 5.56 Å². The largest absolute Gasteiger partial charge is 0.350 e. The molecule has 0 aliphatic heterocycles. The lowest BCUT2D eigenvalue weighted by atomic mass is 10.1. The van der Waals surface area contributed by atoms with Gasteiger partial charge in [0.05, 0.1) is 0 Å². The standard InChI is InChI=1S/C24H31BrN2O2S/c1-17-9-11-21(12-10-17)30-14-13-22(28)27(16-19-7-6-8-20(25)15-19)18(2)23(29)26-24(3,4)5/h6-12,15,18H,13-14,16H2,1-5H3,(H,26,29)/t18-/m1/s1. The molecule has 0 aliphatic carbocycles. The van der Waals surface area contributed by atoms with E-state index in [1.54, 1.807) is 23.6 Å². The molecule has 4 nitrogen and oxygen atoms in total. The maximum atomic E-state index is 13.1. The SMILES string of the molecule is Cc1ccc(SCCC(=O)N(Cc2cccc(Br)c2)[C@H](C)C(=O)NC(C)(C)C)cc1. The molecule has 1 atom stereocenters. The van der Waals surface area contributed by atoms with Crippen molar-refractivity contribution in [3.63, 3.8) is 0 Å². The van der Waals surface area contributed by atoms with Gasteiger partial charge in [-0.05, 0) is 64.4 Å². The summed E-state index contributed by atoms with van der Waals surface area (Å²) >= 11 is 5.14. The predicted octanol–water partition coefficient (Wildman–Crippen LogP) is 5.57. The minimum Gasteiger partial charge on any atom is -0.350 e. The first-order chi connectivity index (χ1) is 14.0. The van der Waals surface area contributed by atoms with E-state index in [2.05, 4.69) is 52.4 Å². The van der Waals surface area contributed by atoms with E-state index in [0.29, 0.717) is 18.7 Å². The molecule has 6 heteroatoms. The van der Waals surface area contributed by atoms with Gasteiger partial charge >= 0.3 is 0 Å². The van der Waals surface area contributed by atoms with Gasteiger partial charge in [0, 0.05) is 33.6 Å². The quantitative estimate of drug-likeness (QED) is 0.491. The summed E-state index contributed by atoms with van der Waals surface area (Å²) in [7, 11) is 0. The van der Waals surface area contributed by atoms with Crippen molar-refractivity contribution in [2.24, 2.45) is 0 Å². The topological polar surface area (TPSA) is 49.4 Å². The lowest BCUT2D eigenvalue weighted by molar-refractivity contribution is -0.140. The van der Waals surface area contributed by atoms with Crippen molar-refractivity contribution in [2.75, 3.05) is 5.75 Å². The third-order valence-electron chi connectivity index (χ3n) is 4.51. The Morgan fingerprint density at radius 3 is 2.40 bits per heavy atom. The van der Waals surface area contributed by atoms with E-state index in [4.69, 9.17) is 0 Å². The minimum absolute atomic E-state index is 0.0221. The van der Waals surface area contributed by atoms with Crippen LogP contribution in [0.1, 0.15) is 45.2 Å². The van der Waals surface area contributed by atoms with Gasteiger partial charge in [-0.3, -0.25) is 9.59 Å². The van der Waals surface area contributed by atoms with E-state index in [0.717, 1.165) is 14.9 Å². The molecule has 0 aliphatic rings. The molecule has 0 aromatic heterocycles. The van der Waals surface area contributed by atoms with Crippen molar-refractivity contribution in [2.45, 2.75) is 64.1 Å². The van der Waals surface area contributed by atoms with Crippen molar-refractivity contribution >= 4 is 39.5 Å². The third kappa shape index (κ3) is 8.15. The van der Waals surface area contributed by atoms with Crippen LogP contribution in [-0.2, 0) is 16.1 Å². The molecule has 0 bridgehead atoms. The van der Waals surface area contributed by atoms with Gasteiger partial charge in [-0.1, -0.05) is 45.8 Å². The first-order valence-electron chi connectivity index (χ1n) is 10.1. The molecular formula is C24H31BrN2O2S. The number of aryl methyl sites for hydroxylation is 1. The number of hydrogen-bond acceptors (Lipinski definition) is 3. The van der Waals surface area contributed by atoms with Gasteiger partial charge in [-0.15, -0.1) is 11.8 Å². The molecule has 0 heterocycles. The molecule has 2 amide bonds. The average molecular weight is 491 g/mol. The van der Waals surface area contributed by atoms with E-state index in [-0.39, 0.29) is 17.4 Å². The second-order valence-electron chi connectivity index (χ2n) is 8.48. The van der Waals surface area contributed by atoms with Crippen LogP contribution in [0.15, 0.2) is 57.9 Å². The first-order valence-corrected chi connectivity index (χ1v) is 11.9. The van der Waals surface area contributed by atoms with E-state index < -0.39 is 6.04 Å². The van der Waals surface area contributed by atoms with Crippen molar-refractivity contribution in [1.29, 1.82) is 0 Å². The molecule has 0 unspecified atom stereocenters. The van der Waals surface area contributed by atoms with E-state index in [9.17, 15) is 9.59 Å². The maximum absolute atomic E-state index is 13.1. The molecule has 0 radical (unpaired) electrons.